The van der Waals surface area contributed by atoms with Gasteiger partial charge in [0.25, 0.3) is 0 Å². The fraction of sp³-hybridized carbons (Fsp3) is 0.800. The molecule has 4 nitrogen and oxygen atoms in total. The van der Waals surface area contributed by atoms with Crippen LogP contribution in [0.1, 0.15) is 26.7 Å². The second-order valence-electron chi connectivity index (χ2n) is 4.57. The number of aliphatic carboxylic acids is 1. The molecule has 0 aromatic heterocycles. The summed E-state index contributed by atoms with van der Waals surface area (Å²) in [5, 5.41) is 9.10. The zero-order valence-corrected chi connectivity index (χ0v) is 8.32. The van der Waals surface area contributed by atoms with Gasteiger partial charge >= 0.3 is 11.9 Å². The van der Waals surface area contributed by atoms with Crippen molar-refractivity contribution < 1.29 is 19.4 Å². The van der Waals surface area contributed by atoms with Crippen molar-refractivity contribution in [1.82, 2.24) is 0 Å². The molecule has 14 heavy (non-hydrogen) atoms. The Hall–Kier alpha value is -1.06. The summed E-state index contributed by atoms with van der Waals surface area (Å²) in [6, 6.07) is 0. The molecule has 0 amide bonds. The van der Waals surface area contributed by atoms with Gasteiger partial charge in [0.2, 0.25) is 0 Å². The van der Waals surface area contributed by atoms with Gasteiger partial charge in [-0.05, 0) is 19.8 Å². The highest BCUT2D eigenvalue weighted by Gasteiger charge is 2.59. The van der Waals surface area contributed by atoms with Crippen LogP contribution in [0.5, 0.6) is 0 Å². The molecule has 1 N–H and O–H groups in total. The molecule has 1 heterocycles. The van der Waals surface area contributed by atoms with E-state index in [4.69, 9.17) is 9.84 Å². The lowest BCUT2D eigenvalue weighted by Gasteiger charge is -2.24. The van der Waals surface area contributed by atoms with Crippen molar-refractivity contribution in [3.05, 3.63) is 0 Å². The third-order valence-electron chi connectivity index (χ3n) is 3.76. The monoisotopic (exact) mass is 198 g/mol. The fourth-order valence-electron chi connectivity index (χ4n) is 2.60. The minimum absolute atomic E-state index is 0.101. The quantitative estimate of drug-likeness (QED) is 0.639. The van der Waals surface area contributed by atoms with Gasteiger partial charge in [-0.15, -0.1) is 0 Å². The van der Waals surface area contributed by atoms with Crippen molar-refractivity contribution in [2.24, 2.45) is 17.3 Å². The normalized spacial score (nSPS) is 46.1. The highest BCUT2D eigenvalue weighted by molar-refractivity contribution is 5.80. The van der Waals surface area contributed by atoms with Gasteiger partial charge in [-0.2, -0.15) is 0 Å². The van der Waals surface area contributed by atoms with Crippen molar-refractivity contribution in [3.8, 4) is 0 Å². The molecule has 2 rings (SSSR count). The molecule has 0 aromatic rings. The van der Waals surface area contributed by atoms with Gasteiger partial charge in [0.1, 0.15) is 11.5 Å². The molecule has 2 aliphatic rings. The highest BCUT2D eigenvalue weighted by Crippen LogP contribution is 2.50. The Bertz CT molecular complexity index is 298. The Morgan fingerprint density at radius 1 is 1.64 bits per heavy atom. The van der Waals surface area contributed by atoms with E-state index in [0.717, 1.165) is 6.42 Å². The lowest BCUT2D eigenvalue weighted by atomic mass is 9.83. The number of esters is 1. The fourth-order valence-corrected chi connectivity index (χ4v) is 2.60. The molecule has 4 heteroatoms. The number of ether oxygens (including phenoxy) is 1. The Morgan fingerprint density at radius 3 is 2.86 bits per heavy atom. The number of carboxylic acid groups (broad SMARTS) is 1. The predicted molar refractivity (Wildman–Crippen MR) is 47.5 cm³/mol. The third kappa shape index (κ3) is 0.996. The van der Waals surface area contributed by atoms with Crippen LogP contribution in [0.25, 0.3) is 0 Å². The predicted octanol–water partition coefficient (Wildman–Crippen LogP) is 1.05. The summed E-state index contributed by atoms with van der Waals surface area (Å²) in [5.74, 6) is -1.14. The minimum atomic E-state index is -0.870. The topological polar surface area (TPSA) is 63.6 Å². The maximum absolute atomic E-state index is 11.3. The van der Waals surface area contributed by atoms with Crippen LogP contribution in [0.3, 0.4) is 0 Å². The number of rotatable bonds is 1. The van der Waals surface area contributed by atoms with Gasteiger partial charge < -0.3 is 9.84 Å². The number of carbonyl (C=O) groups is 2. The van der Waals surface area contributed by atoms with Gasteiger partial charge in [0.05, 0.1) is 5.92 Å². The van der Waals surface area contributed by atoms with Crippen molar-refractivity contribution >= 4 is 11.9 Å². The van der Waals surface area contributed by atoms with Crippen LogP contribution in [0.2, 0.25) is 0 Å². The molecular weight excluding hydrogens is 184 g/mol. The average Bonchev–Trinajstić information content (AvgIpc) is 2.57. The molecule has 0 spiro atoms. The molecule has 4 atom stereocenters. The second-order valence-corrected chi connectivity index (χ2v) is 4.57. The number of carboxylic acids is 1. The van der Waals surface area contributed by atoms with Crippen LogP contribution in [-0.2, 0) is 14.3 Å². The maximum atomic E-state index is 11.3. The molecule has 0 radical (unpaired) electrons. The number of hydrogen-bond donors (Lipinski definition) is 1. The average molecular weight is 198 g/mol. The summed E-state index contributed by atoms with van der Waals surface area (Å²) in [4.78, 5) is 22.4. The van der Waals surface area contributed by atoms with Crippen LogP contribution in [0, 0.1) is 17.3 Å². The molecule has 2 fully saturated rings. The standard InChI is InChI=1S/C10H14O4/c1-5-6-3-4-10(2,9(12)13)7(6)14-8(5)11/h5-7H,3-4H2,1-2H3,(H,12,13). The first-order valence-corrected chi connectivity index (χ1v) is 4.90. The van der Waals surface area contributed by atoms with E-state index >= 15 is 0 Å². The summed E-state index contributed by atoms with van der Waals surface area (Å²) in [6.45, 7) is 3.49. The first-order chi connectivity index (χ1) is 6.47. The van der Waals surface area contributed by atoms with Crippen LogP contribution in [0.15, 0.2) is 0 Å². The van der Waals surface area contributed by atoms with Crippen LogP contribution < -0.4 is 0 Å². The SMILES string of the molecule is CC1C(=O)OC2C1CCC2(C)C(=O)O. The minimum Gasteiger partial charge on any atom is -0.481 e. The largest absolute Gasteiger partial charge is 0.481 e. The van der Waals surface area contributed by atoms with Crippen molar-refractivity contribution in [2.45, 2.75) is 32.8 Å². The number of carbonyl (C=O) groups excluding carboxylic acids is 1. The Morgan fingerprint density at radius 2 is 2.29 bits per heavy atom. The van der Waals surface area contributed by atoms with Crippen LogP contribution in [-0.4, -0.2) is 23.1 Å². The Kier molecular flexibility index (Phi) is 1.84. The zero-order chi connectivity index (χ0) is 10.5. The molecule has 0 aromatic carbocycles. The number of hydrogen-bond acceptors (Lipinski definition) is 3. The van der Waals surface area contributed by atoms with E-state index in [-0.39, 0.29) is 17.8 Å². The second kappa shape index (κ2) is 2.72. The Labute approximate surface area is 82.2 Å². The van der Waals surface area contributed by atoms with E-state index in [2.05, 4.69) is 0 Å². The van der Waals surface area contributed by atoms with Crippen LogP contribution >= 0.6 is 0 Å². The third-order valence-corrected chi connectivity index (χ3v) is 3.76. The van der Waals surface area contributed by atoms with Gasteiger partial charge in [0.15, 0.2) is 0 Å². The maximum Gasteiger partial charge on any atom is 0.313 e. The summed E-state index contributed by atoms with van der Waals surface area (Å²) < 4.78 is 5.15. The molecule has 1 aliphatic carbocycles. The molecule has 4 unspecified atom stereocenters. The van der Waals surface area contributed by atoms with E-state index in [1.807, 2.05) is 6.92 Å². The van der Waals surface area contributed by atoms with E-state index in [0.29, 0.717) is 6.42 Å². The molecular formula is C10H14O4. The van der Waals surface area contributed by atoms with Crippen LogP contribution in [0.4, 0.5) is 0 Å². The van der Waals surface area contributed by atoms with Gasteiger partial charge in [0, 0.05) is 5.92 Å². The van der Waals surface area contributed by atoms with Crippen molar-refractivity contribution in [3.63, 3.8) is 0 Å². The molecule has 1 aliphatic heterocycles. The highest BCUT2D eigenvalue weighted by atomic mass is 16.6. The molecule has 1 saturated carbocycles. The first-order valence-electron chi connectivity index (χ1n) is 4.90. The number of fused-ring (bicyclic) bond motifs is 1. The summed E-state index contributed by atoms with van der Waals surface area (Å²) >= 11 is 0. The van der Waals surface area contributed by atoms with Gasteiger partial charge in [-0.1, -0.05) is 6.92 Å². The van der Waals surface area contributed by atoms with E-state index in [9.17, 15) is 9.59 Å². The smallest absolute Gasteiger partial charge is 0.313 e. The van der Waals surface area contributed by atoms with E-state index in [1.54, 1.807) is 6.92 Å². The van der Waals surface area contributed by atoms with Gasteiger partial charge in [-0.25, -0.2) is 0 Å². The van der Waals surface area contributed by atoms with E-state index in [1.165, 1.54) is 0 Å². The molecule has 1 saturated heterocycles. The summed E-state index contributed by atoms with van der Waals surface area (Å²) in [7, 11) is 0. The lowest BCUT2D eigenvalue weighted by Crippen LogP contribution is -2.37. The Balaban J connectivity index is 2.29. The van der Waals surface area contributed by atoms with Crippen molar-refractivity contribution in [1.29, 1.82) is 0 Å². The zero-order valence-electron chi connectivity index (χ0n) is 8.32. The lowest BCUT2D eigenvalue weighted by molar-refractivity contribution is -0.160. The first kappa shape index (κ1) is 9.49. The molecule has 78 valence electrons. The van der Waals surface area contributed by atoms with Gasteiger partial charge in [-0.3, -0.25) is 9.59 Å². The molecule has 0 bridgehead atoms. The summed E-state index contributed by atoms with van der Waals surface area (Å²) in [6.07, 6.45) is 0.970. The summed E-state index contributed by atoms with van der Waals surface area (Å²) in [5.41, 5.74) is -0.870. The van der Waals surface area contributed by atoms with E-state index < -0.39 is 17.5 Å². The van der Waals surface area contributed by atoms with Crippen molar-refractivity contribution in [2.75, 3.05) is 0 Å².